The molecule has 3 heterocycles. The molecule has 2 aromatic carbocycles. The number of fused-ring (bicyclic) bond motifs is 4. The molecule has 2 bridgehead atoms. The summed E-state index contributed by atoms with van der Waals surface area (Å²) in [7, 11) is 1.51. The lowest BCUT2D eigenvalue weighted by atomic mass is 9.52. The van der Waals surface area contributed by atoms with Gasteiger partial charge in [-0.15, -0.1) is 0 Å². The van der Waals surface area contributed by atoms with Gasteiger partial charge >= 0.3 is 5.97 Å². The number of nitrogens with zero attached hydrogens (tertiary/aromatic N) is 5. The number of esters is 1. The predicted molar refractivity (Wildman–Crippen MR) is 179 cm³/mol. The van der Waals surface area contributed by atoms with E-state index in [1.54, 1.807) is 0 Å². The van der Waals surface area contributed by atoms with Crippen LogP contribution in [0.15, 0.2) is 66.9 Å². The van der Waals surface area contributed by atoms with Gasteiger partial charge in [0, 0.05) is 39.5 Å². The van der Waals surface area contributed by atoms with Gasteiger partial charge in [0.25, 0.3) is 0 Å². The van der Waals surface area contributed by atoms with Crippen LogP contribution in [0.1, 0.15) is 92.6 Å². The Hall–Kier alpha value is -4.30. The molecule has 8 nitrogen and oxygen atoms in total. The lowest BCUT2D eigenvalue weighted by molar-refractivity contribution is -0.160. The second kappa shape index (κ2) is 11.5. The Morgan fingerprint density at radius 2 is 1.65 bits per heavy atom. The molecule has 1 atom stereocenters. The Bertz CT molecular complexity index is 1900. The third kappa shape index (κ3) is 4.94. The van der Waals surface area contributed by atoms with Gasteiger partial charge in [0.15, 0.2) is 0 Å². The van der Waals surface area contributed by atoms with Gasteiger partial charge in [-0.2, -0.15) is 10.2 Å². The first-order valence-corrected chi connectivity index (χ1v) is 16.5. The molecule has 3 aliphatic rings. The smallest absolute Gasteiger partial charge is 0.311 e. The van der Waals surface area contributed by atoms with Crippen molar-refractivity contribution in [1.29, 1.82) is 0 Å². The number of pyridine rings is 1. The maximum Gasteiger partial charge on any atom is 0.311 e. The Morgan fingerprint density at radius 1 is 0.935 bits per heavy atom. The molecule has 0 unspecified atom stereocenters. The van der Waals surface area contributed by atoms with E-state index in [-0.39, 0.29) is 22.7 Å². The summed E-state index contributed by atoms with van der Waals surface area (Å²) in [6, 6.07) is 20.2. The van der Waals surface area contributed by atoms with Gasteiger partial charge in [0.1, 0.15) is 0 Å². The van der Waals surface area contributed by atoms with Gasteiger partial charge in [0.2, 0.25) is 0 Å². The number of carbonyl (C=O) groups is 1. The van der Waals surface area contributed by atoms with Crippen molar-refractivity contribution in [2.75, 3.05) is 7.11 Å². The van der Waals surface area contributed by atoms with Crippen LogP contribution in [0.3, 0.4) is 0 Å². The molecule has 8 rings (SSSR count). The molecule has 0 radical (unpaired) electrons. The first kappa shape index (κ1) is 30.4. The summed E-state index contributed by atoms with van der Waals surface area (Å²) < 4.78 is 9.07. The highest BCUT2D eigenvalue weighted by molar-refractivity contribution is 5.94. The summed E-state index contributed by atoms with van der Waals surface area (Å²) in [6.45, 7) is 9.02. The lowest BCUT2D eigenvalue weighted by Gasteiger charge is -2.51. The van der Waals surface area contributed by atoms with Crippen LogP contribution in [0, 0.1) is 19.3 Å². The molecule has 3 aliphatic carbocycles. The van der Waals surface area contributed by atoms with Crippen molar-refractivity contribution in [2.24, 2.45) is 5.41 Å². The number of hydrogen-bond acceptors (Lipinski definition) is 6. The van der Waals surface area contributed by atoms with Gasteiger partial charge < -0.3 is 9.84 Å². The predicted octanol–water partition coefficient (Wildman–Crippen LogP) is 7.52. The first-order valence-electron chi connectivity index (χ1n) is 16.5. The number of methoxy groups -OCH3 is 1. The zero-order valence-corrected chi connectivity index (χ0v) is 27.5. The summed E-state index contributed by atoms with van der Waals surface area (Å²) in [5.41, 5.74) is 8.81. The van der Waals surface area contributed by atoms with Crippen molar-refractivity contribution in [3.8, 4) is 16.9 Å². The average Bonchev–Trinajstić information content (AvgIpc) is 3.65. The molecule has 0 spiro atoms. The van der Waals surface area contributed by atoms with Crippen molar-refractivity contribution in [2.45, 2.75) is 90.2 Å². The van der Waals surface area contributed by atoms with Gasteiger partial charge in [-0.05, 0) is 82.1 Å². The van der Waals surface area contributed by atoms with Crippen molar-refractivity contribution >= 4 is 16.9 Å². The van der Waals surface area contributed by atoms with E-state index in [4.69, 9.17) is 19.9 Å². The number of aromatic nitrogens is 5. The van der Waals surface area contributed by atoms with Crippen LogP contribution >= 0.6 is 0 Å². The normalized spacial score (nSPS) is 21.6. The van der Waals surface area contributed by atoms with E-state index >= 15 is 0 Å². The third-order valence-corrected chi connectivity index (χ3v) is 10.8. The number of aliphatic hydroxyl groups is 1. The molecule has 3 aromatic heterocycles. The molecule has 0 aliphatic heterocycles. The number of benzene rings is 2. The zero-order valence-electron chi connectivity index (χ0n) is 27.5. The second-order valence-corrected chi connectivity index (χ2v) is 13.8. The van der Waals surface area contributed by atoms with Crippen LogP contribution in [0.2, 0.25) is 0 Å². The second-order valence-electron chi connectivity index (χ2n) is 13.8. The van der Waals surface area contributed by atoms with Gasteiger partial charge in [-0.1, -0.05) is 56.3 Å². The highest BCUT2D eigenvalue weighted by Crippen LogP contribution is 2.58. The lowest BCUT2D eigenvalue weighted by Crippen LogP contribution is -2.48. The van der Waals surface area contributed by atoms with E-state index in [0.29, 0.717) is 6.54 Å². The SMILES string of the molecule is COC(=O)C12CCC(c3ccc(-n4nc(-c5cccc6nn(C[C@H](O)c7ccccc7)cc56)c(C(C)C)c4C)c(C)n3)(CC1)CC2. The highest BCUT2D eigenvalue weighted by Gasteiger charge is 2.54. The quantitative estimate of drug-likeness (QED) is 0.181. The minimum absolute atomic E-state index is 0.0242. The number of hydrogen-bond donors (Lipinski definition) is 1. The minimum Gasteiger partial charge on any atom is -0.469 e. The van der Waals surface area contributed by atoms with Crippen LogP contribution in [-0.4, -0.2) is 42.7 Å². The fourth-order valence-electron chi connectivity index (χ4n) is 8.15. The first-order chi connectivity index (χ1) is 22.1. The Balaban J connectivity index is 1.22. The fraction of sp³-hybridized carbons (Fsp3) is 0.421. The van der Waals surface area contributed by atoms with Gasteiger partial charge in [-0.25, -0.2) is 4.68 Å². The van der Waals surface area contributed by atoms with Gasteiger partial charge in [-0.3, -0.25) is 14.5 Å². The molecule has 3 saturated carbocycles. The standard InChI is InChI=1S/C38H43N5O3/c1-24(2)34-26(4)43(31-14-15-33(39-25(31)3)37-16-19-38(20-17-37,21-18-37)36(45)46-5)41-35(34)28-12-9-13-30-29(28)22-42(40-30)23-32(44)27-10-7-6-8-11-27/h6-15,22,24,32,44H,16-21,23H2,1-5H3/t32-,37?,38?/m0/s1. The van der Waals surface area contributed by atoms with Crippen LogP contribution in [0.5, 0.6) is 0 Å². The number of ether oxygens (including phenoxy) is 1. The zero-order chi connectivity index (χ0) is 32.2. The van der Waals surface area contributed by atoms with Crippen LogP contribution < -0.4 is 0 Å². The number of rotatable bonds is 8. The van der Waals surface area contributed by atoms with E-state index in [2.05, 4.69) is 50.6 Å². The highest BCUT2D eigenvalue weighted by atomic mass is 16.5. The topological polar surface area (TPSA) is 95.1 Å². The number of carbonyl (C=O) groups excluding carboxylic acids is 1. The minimum atomic E-state index is -0.651. The molecule has 3 fully saturated rings. The Labute approximate surface area is 270 Å². The number of aliphatic hydroxyl groups excluding tert-OH is 1. The molecule has 238 valence electrons. The average molecular weight is 618 g/mol. The van der Waals surface area contributed by atoms with E-state index in [9.17, 15) is 9.90 Å². The maximum absolute atomic E-state index is 12.6. The van der Waals surface area contributed by atoms with E-state index < -0.39 is 6.10 Å². The van der Waals surface area contributed by atoms with Crippen molar-refractivity contribution in [3.05, 3.63) is 95.1 Å². The van der Waals surface area contributed by atoms with Crippen molar-refractivity contribution in [3.63, 3.8) is 0 Å². The Morgan fingerprint density at radius 3 is 2.30 bits per heavy atom. The molecule has 8 heteroatoms. The van der Waals surface area contributed by atoms with Crippen LogP contribution in [0.4, 0.5) is 0 Å². The van der Waals surface area contributed by atoms with E-state index in [0.717, 1.165) is 89.0 Å². The number of aryl methyl sites for hydroxylation is 1. The molecular weight excluding hydrogens is 574 g/mol. The molecule has 46 heavy (non-hydrogen) atoms. The largest absolute Gasteiger partial charge is 0.469 e. The molecule has 5 aromatic rings. The summed E-state index contributed by atoms with van der Waals surface area (Å²) in [6.07, 6.45) is 6.89. The van der Waals surface area contributed by atoms with Crippen LogP contribution in [-0.2, 0) is 21.5 Å². The van der Waals surface area contributed by atoms with Crippen molar-refractivity contribution < 1.29 is 14.6 Å². The summed E-state index contributed by atoms with van der Waals surface area (Å²) in [4.78, 5) is 17.8. The molecule has 0 amide bonds. The molecular formula is C38H43N5O3. The van der Waals surface area contributed by atoms with Crippen LogP contribution in [0.25, 0.3) is 27.8 Å². The van der Waals surface area contributed by atoms with E-state index in [1.807, 2.05) is 53.3 Å². The monoisotopic (exact) mass is 617 g/mol. The fourth-order valence-corrected chi connectivity index (χ4v) is 8.15. The van der Waals surface area contributed by atoms with E-state index in [1.165, 1.54) is 12.7 Å². The summed E-state index contributed by atoms with van der Waals surface area (Å²) in [5.74, 6) is 0.207. The Kier molecular flexibility index (Phi) is 7.59. The molecule has 0 saturated heterocycles. The third-order valence-electron chi connectivity index (χ3n) is 10.8. The molecule has 1 N–H and O–H groups in total. The summed E-state index contributed by atoms with van der Waals surface area (Å²) in [5, 5.41) is 22.0. The summed E-state index contributed by atoms with van der Waals surface area (Å²) >= 11 is 0. The van der Waals surface area contributed by atoms with Gasteiger partial charge in [0.05, 0.1) is 47.8 Å². The maximum atomic E-state index is 12.6. The van der Waals surface area contributed by atoms with Crippen molar-refractivity contribution in [1.82, 2.24) is 24.5 Å².